The summed E-state index contributed by atoms with van der Waals surface area (Å²) in [6.07, 6.45) is 0.520. The van der Waals surface area contributed by atoms with Gasteiger partial charge in [0.1, 0.15) is 5.82 Å². The molecule has 0 unspecified atom stereocenters. The molecule has 0 aliphatic rings. The van der Waals surface area contributed by atoms with E-state index in [4.69, 9.17) is 23.1 Å². The fourth-order valence-electron chi connectivity index (χ4n) is 1.55. The minimum Gasteiger partial charge on any atom is -0.370 e. The van der Waals surface area contributed by atoms with E-state index in [2.05, 4.69) is 4.99 Å². The van der Waals surface area contributed by atoms with Crippen LogP contribution >= 0.6 is 11.6 Å². The van der Waals surface area contributed by atoms with Gasteiger partial charge < -0.3 is 11.5 Å². The summed E-state index contributed by atoms with van der Waals surface area (Å²) in [5.41, 5.74) is 10.9. The van der Waals surface area contributed by atoms with Crippen molar-refractivity contribution in [3.63, 3.8) is 0 Å². The van der Waals surface area contributed by atoms with E-state index in [1.807, 2.05) is 6.92 Å². The fourth-order valence-corrected chi connectivity index (χ4v) is 1.77. The number of aryl methyl sites for hydroxylation is 1. The highest BCUT2D eigenvalue weighted by atomic mass is 35.5. The van der Waals surface area contributed by atoms with Crippen LogP contribution in [0.4, 0.5) is 14.9 Å². The van der Waals surface area contributed by atoms with Crippen molar-refractivity contribution in [3.05, 3.63) is 28.5 Å². The molecule has 0 saturated heterocycles. The van der Waals surface area contributed by atoms with Gasteiger partial charge in [0.2, 0.25) is 0 Å². The van der Waals surface area contributed by atoms with Crippen LogP contribution in [0.15, 0.2) is 17.1 Å². The number of urea groups is 1. The Morgan fingerprint density at radius 1 is 1.50 bits per heavy atom. The molecule has 1 aromatic carbocycles. The normalized spacial score (nSPS) is 10.0. The van der Waals surface area contributed by atoms with Gasteiger partial charge in [0.15, 0.2) is 5.96 Å². The minimum absolute atomic E-state index is 0.122. The van der Waals surface area contributed by atoms with Crippen LogP contribution in [0.25, 0.3) is 0 Å². The number of carbonyl (C=O) groups is 1. The molecule has 18 heavy (non-hydrogen) atoms. The lowest BCUT2D eigenvalue weighted by molar-refractivity contribution is 0.255. The molecule has 0 heterocycles. The summed E-state index contributed by atoms with van der Waals surface area (Å²) in [6, 6.07) is 1.99. The van der Waals surface area contributed by atoms with E-state index in [0.29, 0.717) is 12.0 Å². The van der Waals surface area contributed by atoms with Gasteiger partial charge in [-0.05, 0) is 24.1 Å². The molecule has 0 saturated carbocycles. The lowest BCUT2D eigenvalue weighted by Crippen LogP contribution is -2.31. The Morgan fingerprint density at radius 3 is 2.61 bits per heavy atom. The molecule has 1 aromatic rings. The number of hydrogen-bond donors (Lipinski definition) is 2. The number of hydrogen-bond acceptors (Lipinski definition) is 1. The summed E-state index contributed by atoms with van der Waals surface area (Å²) < 4.78 is 13.9. The van der Waals surface area contributed by atoms with Gasteiger partial charge in [-0.2, -0.15) is 4.99 Å². The van der Waals surface area contributed by atoms with Crippen molar-refractivity contribution in [2.45, 2.75) is 13.3 Å². The first-order valence-corrected chi connectivity index (χ1v) is 5.59. The van der Waals surface area contributed by atoms with Crippen molar-refractivity contribution in [1.29, 1.82) is 0 Å². The molecule has 0 radical (unpaired) electrons. The summed E-state index contributed by atoms with van der Waals surface area (Å²) in [5.74, 6) is -0.972. The monoisotopic (exact) mass is 272 g/mol. The Kier molecular flexibility index (Phi) is 4.49. The van der Waals surface area contributed by atoms with Gasteiger partial charge in [-0.25, -0.2) is 9.18 Å². The zero-order valence-electron chi connectivity index (χ0n) is 10.1. The number of nitrogens with two attached hydrogens (primary N) is 2. The largest absolute Gasteiger partial charge is 0.370 e. The summed E-state index contributed by atoms with van der Waals surface area (Å²) in [7, 11) is 1.39. The number of anilines is 1. The maximum atomic E-state index is 13.9. The van der Waals surface area contributed by atoms with Crippen LogP contribution in [0.1, 0.15) is 12.5 Å². The fraction of sp³-hybridized carbons (Fsp3) is 0.273. The predicted octanol–water partition coefficient (Wildman–Crippen LogP) is 1.87. The molecule has 0 spiro atoms. The second kappa shape index (κ2) is 5.68. The Labute approximate surface area is 109 Å². The topological polar surface area (TPSA) is 84.7 Å². The van der Waals surface area contributed by atoms with Crippen molar-refractivity contribution < 1.29 is 9.18 Å². The first-order valence-electron chi connectivity index (χ1n) is 5.22. The molecule has 0 fully saturated rings. The van der Waals surface area contributed by atoms with Crippen molar-refractivity contribution in [1.82, 2.24) is 0 Å². The van der Waals surface area contributed by atoms with Gasteiger partial charge in [-0.3, -0.25) is 4.90 Å². The zero-order chi connectivity index (χ0) is 13.9. The molecule has 0 bridgehead atoms. The predicted molar refractivity (Wildman–Crippen MR) is 70.4 cm³/mol. The smallest absolute Gasteiger partial charge is 0.351 e. The summed E-state index contributed by atoms with van der Waals surface area (Å²) in [6.45, 7) is 1.83. The Hall–Kier alpha value is -1.82. The van der Waals surface area contributed by atoms with E-state index in [1.165, 1.54) is 7.05 Å². The average Bonchev–Trinajstić information content (AvgIpc) is 2.26. The maximum absolute atomic E-state index is 13.9. The van der Waals surface area contributed by atoms with Gasteiger partial charge in [-0.15, -0.1) is 0 Å². The molecule has 7 heteroatoms. The van der Waals surface area contributed by atoms with Gasteiger partial charge >= 0.3 is 6.03 Å². The zero-order valence-corrected chi connectivity index (χ0v) is 10.8. The van der Waals surface area contributed by atoms with Crippen molar-refractivity contribution >= 4 is 29.3 Å². The molecule has 0 aliphatic carbocycles. The van der Waals surface area contributed by atoms with Gasteiger partial charge in [-0.1, -0.05) is 18.5 Å². The molecular formula is C11H14ClFN4O. The summed E-state index contributed by atoms with van der Waals surface area (Å²) in [5, 5.41) is 0.274. The van der Waals surface area contributed by atoms with Crippen LogP contribution in [0.3, 0.4) is 0 Å². The third kappa shape index (κ3) is 3.10. The van der Waals surface area contributed by atoms with Crippen molar-refractivity contribution in [3.8, 4) is 0 Å². The van der Waals surface area contributed by atoms with Crippen LogP contribution in [0.5, 0.6) is 0 Å². The van der Waals surface area contributed by atoms with Crippen LogP contribution in [-0.4, -0.2) is 19.0 Å². The first-order chi connectivity index (χ1) is 8.36. The van der Waals surface area contributed by atoms with Gasteiger partial charge in [0, 0.05) is 12.1 Å². The van der Waals surface area contributed by atoms with Crippen LogP contribution in [-0.2, 0) is 6.42 Å². The molecule has 0 aliphatic heterocycles. The number of guanidine groups is 1. The van der Waals surface area contributed by atoms with E-state index in [1.54, 1.807) is 6.07 Å². The van der Waals surface area contributed by atoms with Crippen molar-refractivity contribution in [2.24, 2.45) is 16.5 Å². The Morgan fingerprint density at radius 2 is 2.11 bits per heavy atom. The maximum Gasteiger partial charge on any atom is 0.351 e. The molecular weight excluding hydrogens is 259 g/mol. The minimum atomic E-state index is -0.745. The van der Waals surface area contributed by atoms with Crippen molar-refractivity contribution in [2.75, 3.05) is 11.9 Å². The second-order valence-electron chi connectivity index (χ2n) is 3.63. The molecule has 5 nitrogen and oxygen atoms in total. The molecule has 1 rings (SSSR count). The summed E-state index contributed by atoms with van der Waals surface area (Å²) in [4.78, 5) is 16.0. The number of halogens is 2. The first kappa shape index (κ1) is 14.2. The Bertz CT molecular complexity index is 500. The molecule has 0 atom stereocenters. The SMILES string of the molecule is CCc1cc(Cl)cc(F)c1N(C)C(=O)N=C(N)N. The van der Waals surface area contributed by atoms with Crippen LogP contribution < -0.4 is 16.4 Å². The number of benzene rings is 1. The lowest BCUT2D eigenvalue weighted by Gasteiger charge is -2.19. The highest BCUT2D eigenvalue weighted by Gasteiger charge is 2.18. The quantitative estimate of drug-likeness (QED) is 0.637. The molecule has 98 valence electrons. The molecule has 0 aromatic heterocycles. The molecule has 2 amide bonds. The Balaban J connectivity index is 3.24. The van der Waals surface area contributed by atoms with E-state index >= 15 is 0 Å². The lowest BCUT2D eigenvalue weighted by atomic mass is 10.1. The third-order valence-electron chi connectivity index (χ3n) is 2.34. The number of amides is 2. The van der Waals surface area contributed by atoms with Crippen LogP contribution in [0, 0.1) is 5.82 Å². The number of nitrogens with zero attached hydrogens (tertiary/aromatic N) is 2. The second-order valence-corrected chi connectivity index (χ2v) is 4.06. The highest BCUT2D eigenvalue weighted by Crippen LogP contribution is 2.28. The third-order valence-corrected chi connectivity index (χ3v) is 2.55. The highest BCUT2D eigenvalue weighted by molar-refractivity contribution is 6.30. The average molecular weight is 273 g/mol. The van der Waals surface area contributed by atoms with E-state index in [9.17, 15) is 9.18 Å². The van der Waals surface area contributed by atoms with E-state index < -0.39 is 11.8 Å². The van der Waals surface area contributed by atoms with Crippen LogP contribution in [0.2, 0.25) is 5.02 Å². The number of aliphatic imine (C=N–C) groups is 1. The van der Waals surface area contributed by atoms with E-state index in [0.717, 1.165) is 11.0 Å². The van der Waals surface area contributed by atoms with Gasteiger partial charge in [0.05, 0.1) is 5.69 Å². The van der Waals surface area contributed by atoms with E-state index in [-0.39, 0.29) is 16.7 Å². The number of rotatable bonds is 2. The summed E-state index contributed by atoms with van der Waals surface area (Å²) >= 11 is 5.76. The molecule has 4 N–H and O–H groups in total. The standard InChI is InChI=1S/C11H14ClFN4O/c1-3-6-4-7(12)5-8(13)9(6)17(2)11(18)16-10(14)15/h4-5H,3H2,1-2H3,(H4,14,15,16,18). The number of carbonyl (C=O) groups excluding carboxylic acids is 1. The van der Waals surface area contributed by atoms with Gasteiger partial charge in [0.25, 0.3) is 0 Å².